The third-order valence-electron chi connectivity index (χ3n) is 4.49. The summed E-state index contributed by atoms with van der Waals surface area (Å²) in [5.41, 5.74) is 1.81. The molecule has 0 N–H and O–H groups in total. The number of fused-ring (bicyclic) bond motifs is 1. The molecule has 0 atom stereocenters. The van der Waals surface area contributed by atoms with Crippen LogP contribution in [0.5, 0.6) is 11.5 Å². The molecule has 146 valence electrons. The molecule has 0 amide bonds. The molecule has 0 fully saturated rings. The van der Waals surface area contributed by atoms with Gasteiger partial charge < -0.3 is 14.2 Å². The van der Waals surface area contributed by atoms with E-state index in [0.717, 1.165) is 21.9 Å². The molecule has 4 rings (SSSR count). The summed E-state index contributed by atoms with van der Waals surface area (Å²) in [5.74, 6) is 1.08. The standard InChI is InChI=1S/C24H21NO4/c1-15(2)28-22-14-16(11-12-21(22)27-3)13-20-24(26)29-23(25-20)19-10-6-8-17-7-4-5-9-18(17)19/h4-15H,1-3H3. The Labute approximate surface area is 169 Å². The van der Waals surface area contributed by atoms with E-state index in [1.807, 2.05) is 68.4 Å². The Morgan fingerprint density at radius 1 is 1.00 bits per heavy atom. The van der Waals surface area contributed by atoms with Gasteiger partial charge in [-0.1, -0.05) is 42.5 Å². The highest BCUT2D eigenvalue weighted by Gasteiger charge is 2.25. The molecule has 1 aliphatic heterocycles. The Hall–Kier alpha value is -3.60. The second-order valence-corrected chi connectivity index (χ2v) is 6.94. The summed E-state index contributed by atoms with van der Waals surface area (Å²) in [6.45, 7) is 3.89. The zero-order valence-corrected chi connectivity index (χ0v) is 16.5. The molecule has 5 nitrogen and oxygen atoms in total. The number of aliphatic imine (C=N–C) groups is 1. The van der Waals surface area contributed by atoms with Gasteiger partial charge >= 0.3 is 5.97 Å². The first-order valence-electron chi connectivity index (χ1n) is 9.40. The van der Waals surface area contributed by atoms with E-state index in [1.165, 1.54) is 0 Å². The van der Waals surface area contributed by atoms with E-state index in [2.05, 4.69) is 4.99 Å². The number of esters is 1. The summed E-state index contributed by atoms with van der Waals surface area (Å²) in [5, 5.41) is 2.05. The number of rotatable bonds is 5. The second kappa shape index (κ2) is 7.80. The van der Waals surface area contributed by atoms with Gasteiger partial charge in [-0.3, -0.25) is 0 Å². The Bertz CT molecular complexity index is 1140. The molecule has 3 aromatic rings. The first-order valence-corrected chi connectivity index (χ1v) is 9.40. The van der Waals surface area contributed by atoms with E-state index in [9.17, 15) is 4.79 Å². The summed E-state index contributed by atoms with van der Waals surface area (Å²) in [7, 11) is 1.59. The van der Waals surface area contributed by atoms with Gasteiger partial charge in [0.15, 0.2) is 17.2 Å². The van der Waals surface area contributed by atoms with Crippen molar-refractivity contribution in [1.29, 1.82) is 0 Å². The fraction of sp³-hybridized carbons (Fsp3) is 0.167. The molecule has 0 saturated carbocycles. The van der Waals surface area contributed by atoms with Crippen LogP contribution in [-0.4, -0.2) is 25.1 Å². The number of hydrogen-bond acceptors (Lipinski definition) is 5. The Kier molecular flexibility index (Phi) is 5.04. The summed E-state index contributed by atoms with van der Waals surface area (Å²) in [6.07, 6.45) is 1.69. The lowest BCUT2D eigenvalue weighted by atomic mass is 10.0. The van der Waals surface area contributed by atoms with Crippen molar-refractivity contribution in [2.45, 2.75) is 20.0 Å². The molecule has 1 aliphatic rings. The third kappa shape index (κ3) is 3.85. The molecule has 0 aromatic heterocycles. The number of carbonyl (C=O) groups excluding carboxylic acids is 1. The van der Waals surface area contributed by atoms with Crippen LogP contribution < -0.4 is 9.47 Å². The second-order valence-electron chi connectivity index (χ2n) is 6.94. The number of benzene rings is 3. The zero-order valence-electron chi connectivity index (χ0n) is 16.5. The predicted molar refractivity (Wildman–Crippen MR) is 113 cm³/mol. The van der Waals surface area contributed by atoms with Crippen LogP contribution in [0.4, 0.5) is 0 Å². The summed E-state index contributed by atoms with van der Waals surface area (Å²) < 4.78 is 16.6. The van der Waals surface area contributed by atoms with Gasteiger partial charge in [0.2, 0.25) is 5.90 Å². The third-order valence-corrected chi connectivity index (χ3v) is 4.49. The first kappa shape index (κ1) is 18.7. The largest absolute Gasteiger partial charge is 0.493 e. The van der Waals surface area contributed by atoms with E-state index < -0.39 is 5.97 Å². The molecule has 5 heteroatoms. The number of cyclic esters (lactones) is 1. The van der Waals surface area contributed by atoms with Crippen LogP contribution in [0, 0.1) is 0 Å². The van der Waals surface area contributed by atoms with E-state index in [-0.39, 0.29) is 11.8 Å². The van der Waals surface area contributed by atoms with Crippen LogP contribution in [0.25, 0.3) is 16.8 Å². The summed E-state index contributed by atoms with van der Waals surface area (Å²) in [6, 6.07) is 19.2. The number of ether oxygens (including phenoxy) is 3. The average Bonchev–Trinajstić information content (AvgIpc) is 3.07. The minimum absolute atomic E-state index is 0.000709. The molecule has 0 spiro atoms. The van der Waals surface area contributed by atoms with Crippen molar-refractivity contribution in [2.24, 2.45) is 4.99 Å². The van der Waals surface area contributed by atoms with Gasteiger partial charge in [-0.05, 0) is 54.5 Å². The normalized spacial score (nSPS) is 15.0. The topological polar surface area (TPSA) is 57.1 Å². The van der Waals surface area contributed by atoms with E-state index >= 15 is 0 Å². The van der Waals surface area contributed by atoms with Gasteiger partial charge in [0, 0.05) is 5.56 Å². The smallest absolute Gasteiger partial charge is 0.363 e. The zero-order chi connectivity index (χ0) is 20.4. The lowest BCUT2D eigenvalue weighted by Gasteiger charge is -2.13. The van der Waals surface area contributed by atoms with Crippen molar-refractivity contribution in [1.82, 2.24) is 0 Å². The van der Waals surface area contributed by atoms with Crippen molar-refractivity contribution in [3.8, 4) is 11.5 Å². The van der Waals surface area contributed by atoms with Crippen LogP contribution in [0.3, 0.4) is 0 Å². The highest BCUT2D eigenvalue weighted by atomic mass is 16.6. The van der Waals surface area contributed by atoms with E-state index in [1.54, 1.807) is 19.3 Å². The maximum atomic E-state index is 12.4. The summed E-state index contributed by atoms with van der Waals surface area (Å²) >= 11 is 0. The number of nitrogens with zero attached hydrogens (tertiary/aromatic N) is 1. The Morgan fingerprint density at radius 2 is 1.79 bits per heavy atom. The fourth-order valence-electron chi connectivity index (χ4n) is 3.22. The van der Waals surface area contributed by atoms with Gasteiger partial charge in [0.1, 0.15) is 0 Å². The minimum Gasteiger partial charge on any atom is -0.493 e. The number of carbonyl (C=O) groups is 1. The SMILES string of the molecule is COc1ccc(C=C2N=C(c3cccc4ccccc34)OC2=O)cc1OC(C)C. The van der Waals surface area contributed by atoms with Gasteiger partial charge in [-0.15, -0.1) is 0 Å². The molecule has 0 aliphatic carbocycles. The fourth-order valence-corrected chi connectivity index (χ4v) is 3.22. The van der Waals surface area contributed by atoms with Crippen molar-refractivity contribution < 1.29 is 19.0 Å². The van der Waals surface area contributed by atoms with Crippen LogP contribution in [0.1, 0.15) is 25.0 Å². The highest BCUT2D eigenvalue weighted by molar-refractivity contribution is 6.17. The predicted octanol–water partition coefficient (Wildman–Crippen LogP) is 4.98. The lowest BCUT2D eigenvalue weighted by Crippen LogP contribution is -2.07. The van der Waals surface area contributed by atoms with Gasteiger partial charge in [-0.2, -0.15) is 0 Å². The van der Waals surface area contributed by atoms with Crippen molar-refractivity contribution in [2.75, 3.05) is 7.11 Å². The minimum atomic E-state index is -0.477. The van der Waals surface area contributed by atoms with Crippen molar-refractivity contribution in [3.63, 3.8) is 0 Å². The van der Waals surface area contributed by atoms with Gasteiger partial charge in [0.25, 0.3) is 0 Å². The molecule has 3 aromatic carbocycles. The average molecular weight is 387 g/mol. The Morgan fingerprint density at radius 3 is 2.59 bits per heavy atom. The van der Waals surface area contributed by atoms with Gasteiger partial charge in [-0.25, -0.2) is 9.79 Å². The van der Waals surface area contributed by atoms with Crippen LogP contribution >= 0.6 is 0 Å². The van der Waals surface area contributed by atoms with Crippen molar-refractivity contribution >= 4 is 28.7 Å². The quantitative estimate of drug-likeness (QED) is 0.458. The van der Waals surface area contributed by atoms with E-state index in [4.69, 9.17) is 14.2 Å². The maximum absolute atomic E-state index is 12.4. The molecule has 29 heavy (non-hydrogen) atoms. The van der Waals surface area contributed by atoms with Crippen LogP contribution in [-0.2, 0) is 9.53 Å². The molecule has 0 unspecified atom stereocenters. The highest BCUT2D eigenvalue weighted by Crippen LogP contribution is 2.31. The molecule has 0 saturated heterocycles. The van der Waals surface area contributed by atoms with Crippen LogP contribution in [0.2, 0.25) is 0 Å². The molecular formula is C24H21NO4. The lowest BCUT2D eigenvalue weighted by molar-refractivity contribution is -0.129. The Balaban J connectivity index is 1.71. The van der Waals surface area contributed by atoms with Gasteiger partial charge in [0.05, 0.1) is 13.2 Å². The first-order chi connectivity index (χ1) is 14.0. The molecular weight excluding hydrogens is 366 g/mol. The van der Waals surface area contributed by atoms with Crippen molar-refractivity contribution in [3.05, 3.63) is 77.5 Å². The maximum Gasteiger partial charge on any atom is 0.363 e. The molecule has 0 radical (unpaired) electrons. The number of hydrogen-bond donors (Lipinski definition) is 0. The number of methoxy groups -OCH3 is 1. The van der Waals surface area contributed by atoms with E-state index in [0.29, 0.717) is 17.4 Å². The van der Waals surface area contributed by atoms with Crippen LogP contribution in [0.15, 0.2) is 71.4 Å². The molecule has 1 heterocycles. The monoisotopic (exact) mass is 387 g/mol. The molecule has 0 bridgehead atoms. The summed E-state index contributed by atoms with van der Waals surface area (Å²) in [4.78, 5) is 16.9.